The maximum absolute atomic E-state index is 10.8. The molecule has 0 aliphatic rings. The highest BCUT2D eigenvalue weighted by molar-refractivity contribution is 5.58. The highest BCUT2D eigenvalue weighted by Crippen LogP contribution is 2.25. The summed E-state index contributed by atoms with van der Waals surface area (Å²) in [5.41, 5.74) is 7.05. The molecule has 0 fully saturated rings. The second-order valence-corrected chi connectivity index (χ2v) is 4.48. The molecular formula is C13H16N4O4. The SMILES string of the molecule is CCOCC(N)c1noc(-c2ccc([N+](=O)[O-])c(C)c2)n1. The first-order chi connectivity index (χ1) is 10.0. The maximum atomic E-state index is 10.8. The average molecular weight is 292 g/mol. The van der Waals surface area contributed by atoms with Crippen LogP contribution in [0.1, 0.15) is 24.4 Å². The molecular weight excluding hydrogens is 276 g/mol. The van der Waals surface area contributed by atoms with Crippen molar-refractivity contribution in [1.82, 2.24) is 10.1 Å². The quantitative estimate of drug-likeness (QED) is 0.638. The van der Waals surface area contributed by atoms with Gasteiger partial charge in [0.25, 0.3) is 11.6 Å². The maximum Gasteiger partial charge on any atom is 0.272 e. The number of aromatic nitrogens is 2. The second kappa shape index (κ2) is 6.42. The van der Waals surface area contributed by atoms with Gasteiger partial charge in [-0.15, -0.1) is 0 Å². The molecule has 0 radical (unpaired) electrons. The van der Waals surface area contributed by atoms with Crippen molar-refractivity contribution in [2.45, 2.75) is 19.9 Å². The highest BCUT2D eigenvalue weighted by atomic mass is 16.6. The van der Waals surface area contributed by atoms with E-state index in [2.05, 4.69) is 10.1 Å². The third kappa shape index (κ3) is 3.41. The number of nitrogens with two attached hydrogens (primary N) is 1. The van der Waals surface area contributed by atoms with E-state index in [9.17, 15) is 10.1 Å². The summed E-state index contributed by atoms with van der Waals surface area (Å²) in [5.74, 6) is 0.615. The Morgan fingerprint density at radius 1 is 1.52 bits per heavy atom. The van der Waals surface area contributed by atoms with E-state index in [-0.39, 0.29) is 11.6 Å². The van der Waals surface area contributed by atoms with Crippen molar-refractivity contribution in [2.24, 2.45) is 5.73 Å². The van der Waals surface area contributed by atoms with Crippen LogP contribution in [0, 0.1) is 17.0 Å². The number of aryl methyl sites for hydroxylation is 1. The Labute approximate surface area is 121 Å². The molecule has 1 heterocycles. The Hall–Kier alpha value is -2.32. The summed E-state index contributed by atoms with van der Waals surface area (Å²) in [4.78, 5) is 14.5. The van der Waals surface area contributed by atoms with Crippen LogP contribution >= 0.6 is 0 Å². The van der Waals surface area contributed by atoms with Gasteiger partial charge in [0, 0.05) is 23.8 Å². The van der Waals surface area contributed by atoms with Crippen LogP contribution in [0.5, 0.6) is 0 Å². The minimum absolute atomic E-state index is 0.0477. The number of nitro groups is 1. The van der Waals surface area contributed by atoms with E-state index in [1.54, 1.807) is 19.1 Å². The minimum atomic E-state index is -0.471. The lowest BCUT2D eigenvalue weighted by Crippen LogP contribution is -2.18. The fourth-order valence-corrected chi connectivity index (χ4v) is 1.82. The summed E-state index contributed by atoms with van der Waals surface area (Å²) < 4.78 is 10.3. The van der Waals surface area contributed by atoms with Gasteiger partial charge >= 0.3 is 0 Å². The topological polar surface area (TPSA) is 117 Å². The van der Waals surface area contributed by atoms with Gasteiger partial charge in [0.2, 0.25) is 0 Å². The summed E-state index contributed by atoms with van der Waals surface area (Å²) >= 11 is 0. The number of hydrogen-bond donors (Lipinski definition) is 1. The Balaban J connectivity index is 2.21. The number of hydrogen-bond acceptors (Lipinski definition) is 7. The van der Waals surface area contributed by atoms with Crippen molar-refractivity contribution in [3.8, 4) is 11.5 Å². The Kier molecular flexibility index (Phi) is 4.61. The third-order valence-electron chi connectivity index (χ3n) is 2.92. The van der Waals surface area contributed by atoms with Crippen LogP contribution in [0.2, 0.25) is 0 Å². The molecule has 8 nitrogen and oxygen atoms in total. The van der Waals surface area contributed by atoms with Crippen LogP contribution in [0.3, 0.4) is 0 Å². The molecule has 0 aliphatic carbocycles. The van der Waals surface area contributed by atoms with Gasteiger partial charge in [-0.2, -0.15) is 4.98 Å². The standard InChI is InChI=1S/C13H16N4O4/c1-3-20-7-10(14)12-15-13(21-16-12)9-4-5-11(17(18)19)8(2)6-9/h4-6,10H,3,7,14H2,1-2H3. The number of nitrogens with zero attached hydrogens (tertiary/aromatic N) is 3. The second-order valence-electron chi connectivity index (χ2n) is 4.48. The lowest BCUT2D eigenvalue weighted by atomic mass is 10.1. The van der Waals surface area contributed by atoms with Crippen LogP contribution in [0.25, 0.3) is 11.5 Å². The fraction of sp³-hybridized carbons (Fsp3) is 0.385. The van der Waals surface area contributed by atoms with Crippen LogP contribution in [-0.2, 0) is 4.74 Å². The Bertz CT molecular complexity index is 641. The molecule has 0 saturated heterocycles. The summed E-state index contributed by atoms with van der Waals surface area (Å²) in [5, 5.41) is 14.6. The number of nitro benzene ring substituents is 1. The number of benzene rings is 1. The first kappa shape index (κ1) is 15.1. The van der Waals surface area contributed by atoms with Crippen molar-refractivity contribution in [3.05, 3.63) is 39.7 Å². The minimum Gasteiger partial charge on any atom is -0.380 e. The van der Waals surface area contributed by atoms with Gasteiger partial charge in [-0.1, -0.05) is 5.16 Å². The van der Waals surface area contributed by atoms with Gasteiger partial charge in [-0.05, 0) is 26.0 Å². The molecule has 0 bridgehead atoms. The van der Waals surface area contributed by atoms with Crippen molar-refractivity contribution >= 4 is 5.69 Å². The molecule has 1 unspecified atom stereocenters. The first-order valence-corrected chi connectivity index (χ1v) is 6.45. The van der Waals surface area contributed by atoms with E-state index in [1.807, 2.05) is 6.92 Å². The van der Waals surface area contributed by atoms with Crippen molar-refractivity contribution in [3.63, 3.8) is 0 Å². The van der Waals surface area contributed by atoms with Gasteiger partial charge in [0.15, 0.2) is 5.82 Å². The van der Waals surface area contributed by atoms with Crippen LogP contribution in [-0.4, -0.2) is 28.3 Å². The van der Waals surface area contributed by atoms with Gasteiger partial charge in [-0.3, -0.25) is 10.1 Å². The van der Waals surface area contributed by atoms with Crippen LogP contribution in [0.15, 0.2) is 22.7 Å². The molecule has 2 rings (SSSR count). The van der Waals surface area contributed by atoms with E-state index in [4.69, 9.17) is 15.0 Å². The first-order valence-electron chi connectivity index (χ1n) is 6.45. The number of rotatable bonds is 6. The zero-order valence-electron chi connectivity index (χ0n) is 11.8. The lowest BCUT2D eigenvalue weighted by molar-refractivity contribution is -0.385. The normalized spacial score (nSPS) is 12.3. The highest BCUT2D eigenvalue weighted by Gasteiger charge is 2.17. The zero-order valence-corrected chi connectivity index (χ0v) is 11.8. The van der Waals surface area contributed by atoms with Crippen LogP contribution in [0.4, 0.5) is 5.69 Å². The molecule has 112 valence electrons. The van der Waals surface area contributed by atoms with E-state index >= 15 is 0 Å². The Morgan fingerprint density at radius 2 is 2.29 bits per heavy atom. The van der Waals surface area contributed by atoms with E-state index < -0.39 is 11.0 Å². The fourth-order valence-electron chi connectivity index (χ4n) is 1.82. The summed E-state index contributed by atoms with van der Waals surface area (Å²) in [6, 6.07) is 4.14. The third-order valence-corrected chi connectivity index (χ3v) is 2.92. The molecule has 21 heavy (non-hydrogen) atoms. The largest absolute Gasteiger partial charge is 0.380 e. The van der Waals surface area contributed by atoms with Gasteiger partial charge in [0.1, 0.15) is 0 Å². The average Bonchev–Trinajstić information content (AvgIpc) is 2.94. The number of ether oxygens (including phenoxy) is 1. The molecule has 0 saturated carbocycles. The molecule has 2 N–H and O–H groups in total. The summed E-state index contributed by atoms with van der Waals surface area (Å²) in [7, 11) is 0. The molecule has 0 spiro atoms. The molecule has 2 aromatic rings. The molecule has 0 amide bonds. The molecule has 1 aromatic heterocycles. The van der Waals surface area contributed by atoms with Gasteiger partial charge in [0.05, 0.1) is 17.6 Å². The van der Waals surface area contributed by atoms with E-state index in [0.717, 1.165) is 0 Å². The summed E-state index contributed by atoms with van der Waals surface area (Å²) in [6.07, 6.45) is 0. The van der Waals surface area contributed by atoms with Crippen molar-refractivity contribution < 1.29 is 14.2 Å². The van der Waals surface area contributed by atoms with Gasteiger partial charge < -0.3 is 15.0 Å². The monoisotopic (exact) mass is 292 g/mol. The summed E-state index contributed by atoms with van der Waals surface area (Å²) in [6.45, 7) is 4.38. The van der Waals surface area contributed by atoms with Crippen molar-refractivity contribution in [2.75, 3.05) is 13.2 Å². The van der Waals surface area contributed by atoms with E-state index in [0.29, 0.717) is 30.2 Å². The molecule has 1 atom stereocenters. The molecule has 1 aromatic carbocycles. The van der Waals surface area contributed by atoms with Crippen molar-refractivity contribution in [1.29, 1.82) is 0 Å². The van der Waals surface area contributed by atoms with Gasteiger partial charge in [-0.25, -0.2) is 0 Å². The smallest absolute Gasteiger partial charge is 0.272 e. The van der Waals surface area contributed by atoms with Crippen LogP contribution < -0.4 is 5.73 Å². The predicted octanol–water partition coefficient (Wildman–Crippen LogP) is 1.99. The zero-order chi connectivity index (χ0) is 15.4. The molecule has 0 aliphatic heterocycles. The van der Waals surface area contributed by atoms with E-state index in [1.165, 1.54) is 6.07 Å². The molecule has 8 heteroatoms. The lowest BCUT2D eigenvalue weighted by Gasteiger charge is -2.05. The Morgan fingerprint density at radius 3 is 2.90 bits per heavy atom. The predicted molar refractivity (Wildman–Crippen MR) is 74.5 cm³/mol.